The highest BCUT2D eigenvalue weighted by Crippen LogP contribution is 2.25. The lowest BCUT2D eigenvalue weighted by molar-refractivity contribution is -0.119. The molecule has 0 aromatic heterocycles. The molecule has 0 N–H and O–H groups in total. The Morgan fingerprint density at radius 2 is 1.48 bits per heavy atom. The predicted molar refractivity (Wildman–Crippen MR) is 119 cm³/mol. The minimum atomic E-state index is -3.58. The summed E-state index contributed by atoms with van der Waals surface area (Å²) >= 11 is 0. The maximum atomic E-state index is 12.7. The molecule has 0 fully saturated rings. The van der Waals surface area contributed by atoms with Gasteiger partial charge in [0.15, 0.2) is 9.84 Å². The van der Waals surface area contributed by atoms with E-state index in [0.29, 0.717) is 11.1 Å². The van der Waals surface area contributed by atoms with Gasteiger partial charge in [-0.3, -0.25) is 4.79 Å². The van der Waals surface area contributed by atoms with E-state index in [9.17, 15) is 18.0 Å². The molecule has 2 aromatic carbocycles. The number of ether oxygens (including phenoxy) is 2. The fourth-order valence-electron chi connectivity index (χ4n) is 2.94. The van der Waals surface area contributed by atoms with Gasteiger partial charge in [0, 0.05) is 12.7 Å². The highest BCUT2D eigenvalue weighted by Gasteiger charge is 2.29. The average Bonchev–Trinajstić information content (AvgIpc) is 2.74. The summed E-state index contributed by atoms with van der Waals surface area (Å²) in [6.45, 7) is 4.74. The summed E-state index contributed by atoms with van der Waals surface area (Å²) < 4.78 is 36.1. The first-order chi connectivity index (χ1) is 14.6. The maximum absolute atomic E-state index is 12.7. The van der Waals surface area contributed by atoms with Crippen LogP contribution < -0.4 is 0 Å². The van der Waals surface area contributed by atoms with Gasteiger partial charge in [0.2, 0.25) is 0 Å². The van der Waals surface area contributed by atoms with Crippen LogP contribution in [0.4, 0.5) is 0 Å². The van der Waals surface area contributed by atoms with Crippen molar-refractivity contribution in [2.24, 2.45) is 0 Å². The van der Waals surface area contributed by atoms with Gasteiger partial charge < -0.3 is 9.47 Å². The van der Waals surface area contributed by atoms with Crippen LogP contribution in [-0.2, 0) is 30.7 Å². The largest absolute Gasteiger partial charge is 0.426 e. The van der Waals surface area contributed by atoms with Gasteiger partial charge >= 0.3 is 5.97 Å². The Morgan fingerprint density at radius 3 is 2.00 bits per heavy atom. The van der Waals surface area contributed by atoms with E-state index in [1.807, 2.05) is 30.3 Å². The van der Waals surface area contributed by atoms with Crippen molar-refractivity contribution in [3.8, 4) is 0 Å². The zero-order chi connectivity index (χ0) is 23.0. The summed E-state index contributed by atoms with van der Waals surface area (Å²) in [5, 5.41) is -1.09. The van der Waals surface area contributed by atoms with Gasteiger partial charge in [-0.05, 0) is 44.0 Å². The first-order valence-electron chi connectivity index (χ1n) is 9.91. The molecule has 0 saturated heterocycles. The lowest BCUT2D eigenvalue weighted by atomic mass is 10.0. The topological polar surface area (TPSA) is 86.7 Å². The van der Waals surface area contributed by atoms with E-state index in [1.54, 1.807) is 37.3 Å². The van der Waals surface area contributed by atoms with Crippen LogP contribution in [0.15, 0.2) is 72.0 Å². The van der Waals surface area contributed by atoms with Gasteiger partial charge in [0.25, 0.3) is 0 Å². The summed E-state index contributed by atoms with van der Waals surface area (Å²) in [6, 6.07) is 17.7. The average molecular weight is 445 g/mol. The van der Waals surface area contributed by atoms with Gasteiger partial charge in [-0.25, -0.2) is 13.2 Å². The molecule has 0 heterocycles. The Balaban J connectivity index is 2.41. The van der Waals surface area contributed by atoms with Crippen molar-refractivity contribution in [3.63, 3.8) is 0 Å². The van der Waals surface area contributed by atoms with Crippen LogP contribution in [0, 0.1) is 0 Å². The fourth-order valence-corrected chi connectivity index (χ4v) is 3.56. The Hall–Kier alpha value is -2.77. The van der Waals surface area contributed by atoms with Crippen molar-refractivity contribution in [3.05, 3.63) is 83.1 Å². The zero-order valence-electron chi connectivity index (χ0n) is 18.2. The molecule has 6 nitrogen and oxygen atoms in total. The summed E-state index contributed by atoms with van der Waals surface area (Å²) in [5.41, 5.74) is 1.60. The molecule has 0 amide bonds. The summed E-state index contributed by atoms with van der Waals surface area (Å²) in [5.74, 6) is -0.816. The normalized spacial score (nSPS) is 14.3. The van der Waals surface area contributed by atoms with Gasteiger partial charge in [0.1, 0.15) is 16.8 Å². The number of sulfone groups is 1. The monoisotopic (exact) mass is 444 g/mol. The van der Waals surface area contributed by atoms with E-state index in [1.165, 1.54) is 13.8 Å². The number of rotatable bonds is 10. The van der Waals surface area contributed by atoms with Gasteiger partial charge in [-0.2, -0.15) is 0 Å². The molecule has 0 aliphatic rings. The third-order valence-electron chi connectivity index (χ3n) is 4.86. The molecule has 0 saturated carbocycles. The lowest BCUT2D eigenvalue weighted by Crippen LogP contribution is -2.28. The summed E-state index contributed by atoms with van der Waals surface area (Å²) in [7, 11) is -3.58. The Morgan fingerprint density at radius 1 is 0.935 bits per heavy atom. The molecular weight excluding hydrogens is 416 g/mol. The minimum absolute atomic E-state index is 0.0179. The second-order valence-electron chi connectivity index (χ2n) is 7.47. The molecule has 0 unspecified atom stereocenters. The number of ketones is 1. The number of Topliss-reactive ketones (excluding diaryl/α,β-unsaturated/α-hetero) is 1. The molecule has 31 heavy (non-hydrogen) atoms. The maximum Gasteiger partial charge on any atom is 0.343 e. The minimum Gasteiger partial charge on any atom is -0.426 e. The number of esters is 1. The molecule has 2 rings (SSSR count). The first kappa shape index (κ1) is 24.5. The first-order valence-corrected chi connectivity index (χ1v) is 11.9. The molecule has 0 aliphatic heterocycles. The fraction of sp³-hybridized carbons (Fsp3) is 0.333. The van der Waals surface area contributed by atoms with E-state index in [0.717, 1.165) is 11.8 Å². The summed E-state index contributed by atoms with van der Waals surface area (Å²) in [4.78, 5) is 24.5. The number of carbonyl (C=O) groups is 2. The van der Waals surface area contributed by atoms with Gasteiger partial charge in [0.05, 0.1) is 18.3 Å². The van der Waals surface area contributed by atoms with Crippen molar-refractivity contribution in [2.75, 3.05) is 6.26 Å². The third kappa shape index (κ3) is 7.45. The van der Waals surface area contributed by atoms with Crippen LogP contribution >= 0.6 is 0 Å². The van der Waals surface area contributed by atoms with Crippen molar-refractivity contribution in [1.82, 2.24) is 0 Å². The molecule has 0 spiro atoms. The Bertz CT molecular complexity index is 1030. The van der Waals surface area contributed by atoms with Gasteiger partial charge in [-0.15, -0.1) is 0 Å². The second kappa shape index (κ2) is 11.0. The van der Waals surface area contributed by atoms with Crippen LogP contribution in [0.3, 0.4) is 0 Å². The molecule has 2 aromatic rings. The third-order valence-corrected chi connectivity index (χ3v) is 6.36. The molecule has 7 heteroatoms. The Kier molecular flexibility index (Phi) is 8.71. The Labute approximate surface area is 183 Å². The smallest absolute Gasteiger partial charge is 0.343 e. The SMILES string of the molecule is CC(=O)C[C@H](OCc1ccccc1)/C(C)=C(\OC(=O)c1ccccc1)[C@@H](C)S(C)(=O)=O. The van der Waals surface area contributed by atoms with Crippen molar-refractivity contribution in [1.29, 1.82) is 0 Å². The standard InChI is InChI=1S/C24H28O6S/c1-17(25)15-22(29-16-20-11-7-5-8-12-20)18(2)23(19(3)31(4,27)28)30-24(26)21-13-9-6-10-14-21/h5-14,19,22H,15-16H2,1-4H3/b23-18-/t19-,22+/m1/s1. The number of hydrogen-bond donors (Lipinski definition) is 0. The quantitative estimate of drug-likeness (QED) is 0.405. The molecule has 0 bridgehead atoms. The van der Waals surface area contributed by atoms with Gasteiger partial charge in [-0.1, -0.05) is 48.5 Å². The van der Waals surface area contributed by atoms with E-state index in [2.05, 4.69) is 0 Å². The van der Waals surface area contributed by atoms with Crippen molar-refractivity contribution in [2.45, 2.75) is 45.2 Å². The molecular formula is C24H28O6S. The van der Waals surface area contributed by atoms with E-state index >= 15 is 0 Å². The molecule has 2 atom stereocenters. The number of hydrogen-bond acceptors (Lipinski definition) is 6. The van der Waals surface area contributed by atoms with Crippen LogP contribution in [0.1, 0.15) is 43.1 Å². The molecule has 0 radical (unpaired) electrons. The van der Waals surface area contributed by atoms with E-state index < -0.39 is 27.2 Å². The molecule has 0 aliphatic carbocycles. The molecule has 166 valence electrons. The van der Waals surface area contributed by atoms with Crippen molar-refractivity contribution >= 4 is 21.6 Å². The number of carbonyl (C=O) groups excluding carboxylic acids is 2. The highest BCUT2D eigenvalue weighted by molar-refractivity contribution is 7.91. The van der Waals surface area contributed by atoms with Crippen LogP contribution in [0.5, 0.6) is 0 Å². The lowest BCUT2D eigenvalue weighted by Gasteiger charge is -2.24. The van der Waals surface area contributed by atoms with Crippen LogP contribution in [0.25, 0.3) is 0 Å². The summed E-state index contributed by atoms with van der Waals surface area (Å²) in [6.07, 6.45) is 0.369. The number of benzene rings is 2. The zero-order valence-corrected chi connectivity index (χ0v) is 19.0. The van der Waals surface area contributed by atoms with Crippen molar-refractivity contribution < 1.29 is 27.5 Å². The highest BCUT2D eigenvalue weighted by atomic mass is 32.2. The van der Waals surface area contributed by atoms with Crippen LogP contribution in [-0.4, -0.2) is 37.8 Å². The van der Waals surface area contributed by atoms with E-state index in [-0.39, 0.29) is 24.6 Å². The van der Waals surface area contributed by atoms with Crippen LogP contribution in [0.2, 0.25) is 0 Å². The predicted octanol–water partition coefficient (Wildman–Crippen LogP) is 4.12. The second-order valence-corrected chi connectivity index (χ2v) is 9.83. The van der Waals surface area contributed by atoms with E-state index in [4.69, 9.17) is 9.47 Å².